The van der Waals surface area contributed by atoms with Crippen molar-refractivity contribution in [1.29, 1.82) is 5.41 Å². The Morgan fingerprint density at radius 2 is 2.05 bits per heavy atom. The van der Waals surface area contributed by atoms with Crippen molar-refractivity contribution in [2.75, 3.05) is 20.7 Å². The maximum Gasteiger partial charge on any atom is 0.272 e. The molecule has 0 bridgehead atoms. The summed E-state index contributed by atoms with van der Waals surface area (Å²) in [5.41, 5.74) is 2.85. The molecule has 1 aromatic rings. The van der Waals surface area contributed by atoms with E-state index in [4.69, 9.17) is 10.1 Å². The fourth-order valence-corrected chi connectivity index (χ4v) is 2.39. The summed E-state index contributed by atoms with van der Waals surface area (Å²) in [5.74, 6) is 0.591. The summed E-state index contributed by atoms with van der Waals surface area (Å²) >= 11 is 0. The lowest BCUT2D eigenvalue weighted by Crippen LogP contribution is -2.42. The number of nitrogens with zero attached hydrogens (tertiary/aromatic N) is 1. The van der Waals surface area contributed by atoms with Crippen molar-refractivity contribution in [2.45, 2.75) is 19.9 Å². The molecule has 0 radical (unpaired) electrons. The molecule has 1 saturated heterocycles. The van der Waals surface area contributed by atoms with Gasteiger partial charge < -0.3 is 15.0 Å². The highest BCUT2D eigenvalue weighted by atomic mass is 16.5. The Morgan fingerprint density at radius 3 is 2.62 bits per heavy atom. The van der Waals surface area contributed by atoms with Crippen molar-refractivity contribution in [1.82, 2.24) is 10.2 Å². The predicted molar refractivity (Wildman–Crippen MR) is 82.5 cm³/mol. The Kier molecular flexibility index (Phi) is 4.62. The Balaban J connectivity index is 2.09. The molecule has 0 unspecified atom stereocenters. The molecule has 1 aliphatic rings. The number of piperidine rings is 1. The van der Waals surface area contributed by atoms with Crippen molar-refractivity contribution in [3.8, 4) is 5.75 Å². The first-order chi connectivity index (χ1) is 10.1. The maximum atomic E-state index is 12.3. The highest BCUT2D eigenvalue weighted by Crippen LogP contribution is 2.20. The van der Waals surface area contributed by atoms with Crippen LogP contribution in [0.5, 0.6) is 5.75 Å². The first-order valence-electron chi connectivity index (χ1n) is 6.95. The summed E-state index contributed by atoms with van der Waals surface area (Å²) in [7, 11) is 3.44. The van der Waals surface area contributed by atoms with Crippen LogP contribution < -0.4 is 10.1 Å². The number of carbonyl (C=O) groups is 1. The minimum absolute atomic E-state index is 0.0987. The molecule has 1 heterocycles. The largest absolute Gasteiger partial charge is 0.497 e. The van der Waals surface area contributed by atoms with Crippen molar-refractivity contribution in [3.63, 3.8) is 0 Å². The summed E-state index contributed by atoms with van der Waals surface area (Å²) < 4.78 is 5.12. The zero-order valence-electron chi connectivity index (χ0n) is 12.7. The lowest BCUT2D eigenvalue weighted by molar-refractivity contribution is -0.125. The summed E-state index contributed by atoms with van der Waals surface area (Å²) in [6.45, 7) is 3.06. The van der Waals surface area contributed by atoms with Gasteiger partial charge in [0, 0.05) is 31.4 Å². The second-order valence-electron chi connectivity index (χ2n) is 5.05. The highest BCUT2D eigenvalue weighted by molar-refractivity contribution is 6.44. The standard InChI is InChI=1S/C16H21N3O2/c1-11(18-2)14-8-9-19(16(20)15(14)17)10-12-4-6-13(21-3)7-5-12/h4-7,17-18H,8-10H2,1-3H3/b14-11-,17-15?. The van der Waals surface area contributed by atoms with E-state index in [-0.39, 0.29) is 11.6 Å². The number of methoxy groups -OCH3 is 1. The van der Waals surface area contributed by atoms with Crippen LogP contribution in [0.3, 0.4) is 0 Å². The number of allylic oxidation sites excluding steroid dienone is 1. The van der Waals surface area contributed by atoms with Gasteiger partial charge in [0.05, 0.1) is 7.11 Å². The predicted octanol–water partition coefficient (Wildman–Crippen LogP) is 1.94. The number of hydrogen-bond acceptors (Lipinski definition) is 4. The molecule has 1 aromatic carbocycles. The molecule has 0 aliphatic carbocycles. The van der Waals surface area contributed by atoms with Crippen LogP contribution in [-0.2, 0) is 11.3 Å². The topological polar surface area (TPSA) is 65.4 Å². The molecular weight excluding hydrogens is 266 g/mol. The van der Waals surface area contributed by atoms with E-state index in [0.29, 0.717) is 19.5 Å². The van der Waals surface area contributed by atoms with Gasteiger partial charge in [-0.2, -0.15) is 0 Å². The van der Waals surface area contributed by atoms with Crippen LogP contribution in [-0.4, -0.2) is 37.2 Å². The van der Waals surface area contributed by atoms with Gasteiger partial charge in [-0.25, -0.2) is 0 Å². The van der Waals surface area contributed by atoms with E-state index < -0.39 is 0 Å². The fraction of sp³-hybridized carbons (Fsp3) is 0.375. The molecule has 0 saturated carbocycles. The van der Waals surface area contributed by atoms with E-state index in [0.717, 1.165) is 22.6 Å². The summed E-state index contributed by atoms with van der Waals surface area (Å²) in [6, 6.07) is 7.65. The van der Waals surface area contributed by atoms with Crippen LogP contribution in [0.25, 0.3) is 0 Å². The van der Waals surface area contributed by atoms with E-state index in [9.17, 15) is 4.79 Å². The Hall–Kier alpha value is -2.30. The van der Waals surface area contributed by atoms with E-state index in [1.165, 1.54) is 0 Å². The van der Waals surface area contributed by atoms with Crippen LogP contribution in [0.2, 0.25) is 0 Å². The molecular formula is C16H21N3O2. The van der Waals surface area contributed by atoms with Crippen molar-refractivity contribution < 1.29 is 9.53 Å². The van der Waals surface area contributed by atoms with E-state index >= 15 is 0 Å². The van der Waals surface area contributed by atoms with Gasteiger partial charge in [0.15, 0.2) is 0 Å². The molecule has 1 fully saturated rings. The van der Waals surface area contributed by atoms with E-state index in [1.807, 2.05) is 38.2 Å². The monoisotopic (exact) mass is 287 g/mol. The summed E-state index contributed by atoms with van der Waals surface area (Å²) in [6.07, 6.45) is 0.716. The quantitative estimate of drug-likeness (QED) is 0.889. The zero-order chi connectivity index (χ0) is 15.4. The van der Waals surface area contributed by atoms with Crippen LogP contribution >= 0.6 is 0 Å². The van der Waals surface area contributed by atoms with E-state index in [1.54, 1.807) is 12.0 Å². The molecule has 0 aromatic heterocycles. The van der Waals surface area contributed by atoms with Crippen LogP contribution in [0.4, 0.5) is 0 Å². The average molecular weight is 287 g/mol. The molecule has 21 heavy (non-hydrogen) atoms. The van der Waals surface area contributed by atoms with Crippen molar-refractivity contribution >= 4 is 11.6 Å². The normalized spacial score (nSPS) is 17.8. The van der Waals surface area contributed by atoms with Crippen LogP contribution in [0.1, 0.15) is 18.9 Å². The minimum Gasteiger partial charge on any atom is -0.497 e. The van der Waals surface area contributed by atoms with Gasteiger partial charge in [0.1, 0.15) is 11.5 Å². The van der Waals surface area contributed by atoms with Gasteiger partial charge in [-0.3, -0.25) is 10.2 Å². The molecule has 5 heteroatoms. The number of hydrogen-bond donors (Lipinski definition) is 2. The number of carbonyl (C=O) groups excluding carboxylic acids is 1. The number of ether oxygens (including phenoxy) is 1. The smallest absolute Gasteiger partial charge is 0.272 e. The second kappa shape index (κ2) is 6.43. The Labute approximate surface area is 125 Å². The number of likely N-dealkylation sites (tertiary alicyclic amines) is 1. The van der Waals surface area contributed by atoms with Crippen LogP contribution in [0, 0.1) is 5.41 Å². The van der Waals surface area contributed by atoms with Gasteiger partial charge in [-0.05, 0) is 31.0 Å². The van der Waals surface area contributed by atoms with Gasteiger partial charge in [0.25, 0.3) is 5.91 Å². The van der Waals surface area contributed by atoms with Gasteiger partial charge in [-0.15, -0.1) is 0 Å². The molecule has 1 amide bonds. The molecule has 112 valence electrons. The molecule has 0 spiro atoms. The van der Waals surface area contributed by atoms with E-state index in [2.05, 4.69) is 5.32 Å². The highest BCUT2D eigenvalue weighted by Gasteiger charge is 2.28. The summed E-state index contributed by atoms with van der Waals surface area (Å²) in [5, 5.41) is 11.1. The van der Waals surface area contributed by atoms with Gasteiger partial charge in [-0.1, -0.05) is 12.1 Å². The molecule has 2 N–H and O–H groups in total. The molecule has 1 aliphatic heterocycles. The lowest BCUT2D eigenvalue weighted by Gasteiger charge is -2.29. The maximum absolute atomic E-state index is 12.3. The third-order valence-electron chi connectivity index (χ3n) is 3.79. The van der Waals surface area contributed by atoms with Crippen molar-refractivity contribution in [3.05, 3.63) is 41.1 Å². The molecule has 5 nitrogen and oxygen atoms in total. The zero-order valence-corrected chi connectivity index (χ0v) is 12.7. The third-order valence-corrected chi connectivity index (χ3v) is 3.79. The van der Waals surface area contributed by atoms with Gasteiger partial charge >= 0.3 is 0 Å². The lowest BCUT2D eigenvalue weighted by atomic mass is 9.98. The number of benzene rings is 1. The Bertz CT molecular complexity index is 576. The number of rotatable bonds is 4. The molecule has 0 atom stereocenters. The Morgan fingerprint density at radius 1 is 1.38 bits per heavy atom. The number of amides is 1. The van der Waals surface area contributed by atoms with Gasteiger partial charge in [0.2, 0.25) is 0 Å². The second-order valence-corrected chi connectivity index (χ2v) is 5.05. The van der Waals surface area contributed by atoms with Crippen molar-refractivity contribution in [2.24, 2.45) is 0 Å². The first kappa shape index (κ1) is 15.1. The fourth-order valence-electron chi connectivity index (χ4n) is 2.39. The third kappa shape index (κ3) is 3.24. The SMILES string of the molecule is CN/C(C)=C1/CCN(Cc2ccc(OC)cc2)C(=O)C1=N. The first-order valence-corrected chi connectivity index (χ1v) is 6.95. The average Bonchev–Trinajstić information content (AvgIpc) is 2.52. The minimum atomic E-state index is -0.207. The molecule has 2 rings (SSSR count). The van der Waals surface area contributed by atoms with Crippen LogP contribution in [0.15, 0.2) is 35.5 Å². The number of nitrogens with one attached hydrogen (secondary N) is 2. The summed E-state index contributed by atoms with van der Waals surface area (Å²) in [4.78, 5) is 14.0.